The third-order valence-corrected chi connectivity index (χ3v) is 2.89. The molecular formula is C14H22N2O2. The summed E-state index contributed by atoms with van der Waals surface area (Å²) in [6.45, 7) is 3.95. The van der Waals surface area contributed by atoms with Gasteiger partial charge in [-0.15, -0.1) is 0 Å². The van der Waals surface area contributed by atoms with E-state index < -0.39 is 6.04 Å². The summed E-state index contributed by atoms with van der Waals surface area (Å²) in [6.07, 6.45) is 1.61. The number of hydrogen-bond donors (Lipinski definition) is 2. The second-order valence-electron chi connectivity index (χ2n) is 4.40. The maximum absolute atomic E-state index is 11.8. The van der Waals surface area contributed by atoms with Crippen LogP contribution in [-0.4, -0.2) is 19.1 Å². The van der Waals surface area contributed by atoms with Gasteiger partial charge in [0.25, 0.3) is 0 Å². The molecule has 0 aliphatic heterocycles. The van der Waals surface area contributed by atoms with Crippen LogP contribution in [0.15, 0.2) is 24.3 Å². The monoisotopic (exact) mass is 250 g/mol. The van der Waals surface area contributed by atoms with E-state index >= 15 is 0 Å². The summed E-state index contributed by atoms with van der Waals surface area (Å²) in [6, 6.07) is 7.15. The van der Waals surface area contributed by atoms with Crippen LogP contribution in [0.1, 0.15) is 38.3 Å². The van der Waals surface area contributed by atoms with E-state index in [0.29, 0.717) is 6.42 Å². The third kappa shape index (κ3) is 4.04. The Labute approximate surface area is 109 Å². The Kier molecular flexibility index (Phi) is 5.65. The molecule has 0 saturated heterocycles. The van der Waals surface area contributed by atoms with Crippen LogP contribution in [-0.2, 0) is 4.79 Å². The summed E-state index contributed by atoms with van der Waals surface area (Å²) in [4.78, 5) is 11.8. The predicted molar refractivity (Wildman–Crippen MR) is 72.4 cm³/mol. The zero-order valence-corrected chi connectivity index (χ0v) is 11.3. The fourth-order valence-corrected chi connectivity index (χ4v) is 1.76. The minimum Gasteiger partial charge on any atom is -0.497 e. The molecular weight excluding hydrogens is 228 g/mol. The van der Waals surface area contributed by atoms with Crippen molar-refractivity contribution in [3.63, 3.8) is 0 Å². The van der Waals surface area contributed by atoms with Gasteiger partial charge in [0.1, 0.15) is 5.75 Å². The van der Waals surface area contributed by atoms with Crippen molar-refractivity contribution in [1.29, 1.82) is 0 Å². The van der Waals surface area contributed by atoms with Crippen LogP contribution in [0.3, 0.4) is 0 Å². The maximum atomic E-state index is 11.8. The lowest BCUT2D eigenvalue weighted by Gasteiger charge is -2.18. The van der Waals surface area contributed by atoms with Crippen molar-refractivity contribution < 1.29 is 9.53 Å². The van der Waals surface area contributed by atoms with Gasteiger partial charge in [0, 0.05) is 0 Å². The summed E-state index contributed by atoms with van der Waals surface area (Å²) >= 11 is 0. The number of methoxy groups -OCH3 is 1. The standard InChI is InChI=1S/C14H22N2O2/c1-4-6-13(15)14(17)16-10(2)11-7-5-8-12(9-11)18-3/h5,7-10,13H,4,6,15H2,1-3H3,(H,16,17)/t10?,13-/m1/s1. The molecule has 3 N–H and O–H groups in total. The average Bonchev–Trinajstić information content (AvgIpc) is 2.39. The molecule has 4 heteroatoms. The van der Waals surface area contributed by atoms with Crippen LogP contribution in [0, 0.1) is 0 Å². The number of carbonyl (C=O) groups excluding carboxylic acids is 1. The Hall–Kier alpha value is -1.55. The number of ether oxygens (including phenoxy) is 1. The van der Waals surface area contributed by atoms with E-state index in [1.165, 1.54) is 0 Å². The molecule has 1 amide bonds. The van der Waals surface area contributed by atoms with Crippen molar-refractivity contribution >= 4 is 5.91 Å². The Bertz CT molecular complexity index is 393. The van der Waals surface area contributed by atoms with Crippen molar-refractivity contribution in [2.75, 3.05) is 7.11 Å². The Morgan fingerprint density at radius 3 is 2.83 bits per heavy atom. The molecule has 0 aromatic heterocycles. The minimum atomic E-state index is -0.428. The zero-order chi connectivity index (χ0) is 13.5. The molecule has 1 aromatic rings. The van der Waals surface area contributed by atoms with Gasteiger partial charge < -0.3 is 15.8 Å². The number of carbonyl (C=O) groups is 1. The van der Waals surface area contributed by atoms with Crippen LogP contribution in [0.2, 0.25) is 0 Å². The summed E-state index contributed by atoms with van der Waals surface area (Å²) in [5.41, 5.74) is 6.78. The first-order valence-corrected chi connectivity index (χ1v) is 6.28. The molecule has 1 aromatic carbocycles. The van der Waals surface area contributed by atoms with E-state index in [9.17, 15) is 4.79 Å². The van der Waals surface area contributed by atoms with E-state index in [-0.39, 0.29) is 11.9 Å². The lowest BCUT2D eigenvalue weighted by Crippen LogP contribution is -2.41. The van der Waals surface area contributed by atoms with Gasteiger partial charge in [-0.3, -0.25) is 4.79 Å². The fourth-order valence-electron chi connectivity index (χ4n) is 1.76. The highest BCUT2D eigenvalue weighted by Crippen LogP contribution is 2.18. The lowest BCUT2D eigenvalue weighted by molar-refractivity contribution is -0.123. The number of benzene rings is 1. The number of nitrogens with two attached hydrogens (primary N) is 1. The lowest BCUT2D eigenvalue weighted by atomic mass is 10.1. The topological polar surface area (TPSA) is 64.4 Å². The molecule has 0 radical (unpaired) electrons. The molecule has 18 heavy (non-hydrogen) atoms. The maximum Gasteiger partial charge on any atom is 0.237 e. The summed E-state index contributed by atoms with van der Waals surface area (Å²) < 4.78 is 5.16. The summed E-state index contributed by atoms with van der Waals surface area (Å²) in [7, 11) is 1.62. The fraction of sp³-hybridized carbons (Fsp3) is 0.500. The van der Waals surface area contributed by atoms with Gasteiger partial charge in [-0.05, 0) is 31.0 Å². The molecule has 4 nitrogen and oxygen atoms in total. The molecule has 0 bridgehead atoms. The number of rotatable bonds is 6. The first kappa shape index (κ1) is 14.5. The normalized spacial score (nSPS) is 13.8. The molecule has 0 spiro atoms. The summed E-state index contributed by atoms with van der Waals surface area (Å²) in [5, 5.41) is 2.91. The highest BCUT2D eigenvalue weighted by molar-refractivity contribution is 5.81. The van der Waals surface area contributed by atoms with E-state index in [4.69, 9.17) is 10.5 Å². The molecule has 0 saturated carbocycles. The smallest absolute Gasteiger partial charge is 0.237 e. The molecule has 100 valence electrons. The number of nitrogens with one attached hydrogen (secondary N) is 1. The zero-order valence-electron chi connectivity index (χ0n) is 11.3. The van der Waals surface area contributed by atoms with Gasteiger partial charge in [0.15, 0.2) is 0 Å². The minimum absolute atomic E-state index is 0.0736. The van der Waals surface area contributed by atoms with Gasteiger partial charge in [-0.25, -0.2) is 0 Å². The largest absolute Gasteiger partial charge is 0.497 e. The van der Waals surface area contributed by atoms with Crippen molar-refractivity contribution in [3.05, 3.63) is 29.8 Å². The molecule has 2 atom stereocenters. The van der Waals surface area contributed by atoms with E-state index in [1.807, 2.05) is 38.1 Å². The van der Waals surface area contributed by atoms with Crippen LogP contribution in [0.4, 0.5) is 0 Å². The molecule has 0 aliphatic rings. The van der Waals surface area contributed by atoms with Crippen LogP contribution >= 0.6 is 0 Å². The highest BCUT2D eigenvalue weighted by Gasteiger charge is 2.15. The predicted octanol–water partition coefficient (Wildman–Crippen LogP) is 2.00. The molecule has 1 rings (SSSR count). The third-order valence-electron chi connectivity index (χ3n) is 2.89. The van der Waals surface area contributed by atoms with Gasteiger partial charge in [-0.1, -0.05) is 25.5 Å². The first-order chi connectivity index (χ1) is 8.58. The van der Waals surface area contributed by atoms with E-state index in [1.54, 1.807) is 7.11 Å². The van der Waals surface area contributed by atoms with Gasteiger partial charge in [0.05, 0.1) is 19.2 Å². The second-order valence-corrected chi connectivity index (χ2v) is 4.40. The Balaban J connectivity index is 2.64. The van der Waals surface area contributed by atoms with Crippen LogP contribution in [0.5, 0.6) is 5.75 Å². The van der Waals surface area contributed by atoms with E-state index in [2.05, 4.69) is 5.32 Å². The van der Waals surface area contributed by atoms with Crippen LogP contribution in [0.25, 0.3) is 0 Å². The molecule has 1 unspecified atom stereocenters. The Morgan fingerprint density at radius 2 is 2.22 bits per heavy atom. The molecule has 0 heterocycles. The van der Waals surface area contributed by atoms with Gasteiger partial charge >= 0.3 is 0 Å². The van der Waals surface area contributed by atoms with Crippen molar-refractivity contribution in [2.45, 2.75) is 38.8 Å². The van der Waals surface area contributed by atoms with Crippen molar-refractivity contribution in [1.82, 2.24) is 5.32 Å². The molecule has 0 aliphatic carbocycles. The quantitative estimate of drug-likeness (QED) is 0.811. The first-order valence-electron chi connectivity index (χ1n) is 6.28. The van der Waals surface area contributed by atoms with E-state index in [0.717, 1.165) is 17.7 Å². The number of amides is 1. The van der Waals surface area contributed by atoms with Crippen molar-refractivity contribution in [2.24, 2.45) is 5.73 Å². The number of hydrogen-bond acceptors (Lipinski definition) is 3. The second kappa shape index (κ2) is 7.01. The highest BCUT2D eigenvalue weighted by atomic mass is 16.5. The average molecular weight is 250 g/mol. The Morgan fingerprint density at radius 1 is 1.50 bits per heavy atom. The van der Waals surface area contributed by atoms with Gasteiger partial charge in [-0.2, -0.15) is 0 Å². The summed E-state index contributed by atoms with van der Waals surface area (Å²) in [5.74, 6) is 0.679. The van der Waals surface area contributed by atoms with Gasteiger partial charge in [0.2, 0.25) is 5.91 Å². The van der Waals surface area contributed by atoms with Crippen LogP contribution < -0.4 is 15.8 Å². The molecule has 0 fully saturated rings. The SMILES string of the molecule is CCC[C@@H](N)C(=O)NC(C)c1cccc(OC)c1. The van der Waals surface area contributed by atoms with Crippen molar-refractivity contribution in [3.8, 4) is 5.75 Å².